The fourth-order valence-corrected chi connectivity index (χ4v) is 2.58. The van der Waals surface area contributed by atoms with E-state index >= 15 is 0 Å². The van der Waals surface area contributed by atoms with E-state index in [4.69, 9.17) is 9.15 Å². The van der Waals surface area contributed by atoms with Crippen LogP contribution in [-0.2, 0) is 24.4 Å². The second-order valence-corrected chi connectivity index (χ2v) is 5.09. The van der Waals surface area contributed by atoms with Gasteiger partial charge in [0.2, 0.25) is 0 Å². The third-order valence-electron chi connectivity index (χ3n) is 3.80. The van der Waals surface area contributed by atoms with Crippen molar-refractivity contribution in [1.82, 2.24) is 14.5 Å². The van der Waals surface area contributed by atoms with Gasteiger partial charge in [-0.15, -0.1) is 0 Å². The van der Waals surface area contributed by atoms with Gasteiger partial charge in [-0.3, -0.25) is 4.79 Å². The Hall–Kier alpha value is -2.08. The summed E-state index contributed by atoms with van der Waals surface area (Å²) < 4.78 is 12.8. The van der Waals surface area contributed by atoms with Gasteiger partial charge in [-0.2, -0.15) is 0 Å². The molecule has 0 aliphatic carbocycles. The summed E-state index contributed by atoms with van der Waals surface area (Å²) in [5.74, 6) is 0.671. The number of hydrogen-bond acceptors (Lipinski definition) is 4. The van der Waals surface area contributed by atoms with Crippen molar-refractivity contribution in [2.45, 2.75) is 33.5 Å². The van der Waals surface area contributed by atoms with Gasteiger partial charge in [0.25, 0.3) is 5.91 Å². The van der Waals surface area contributed by atoms with Crippen LogP contribution >= 0.6 is 0 Å². The summed E-state index contributed by atoms with van der Waals surface area (Å²) in [6.07, 6.45) is 3.38. The lowest BCUT2D eigenvalue weighted by Crippen LogP contribution is -2.38. The van der Waals surface area contributed by atoms with E-state index in [9.17, 15) is 4.79 Å². The van der Waals surface area contributed by atoms with Gasteiger partial charge in [-0.1, -0.05) is 0 Å². The molecule has 6 heteroatoms. The molecule has 0 fully saturated rings. The van der Waals surface area contributed by atoms with Gasteiger partial charge in [0.15, 0.2) is 0 Å². The van der Waals surface area contributed by atoms with E-state index in [-0.39, 0.29) is 5.91 Å². The Morgan fingerprint density at radius 2 is 2.33 bits per heavy atom. The Morgan fingerprint density at radius 1 is 1.48 bits per heavy atom. The third kappa shape index (κ3) is 2.58. The minimum absolute atomic E-state index is 0.0102. The summed E-state index contributed by atoms with van der Waals surface area (Å²) in [6, 6.07) is 1.73. The SMILES string of the molecule is CCOCc1ncn2c1CN(C(=O)c1ccoc1C)CC2. The van der Waals surface area contributed by atoms with Gasteiger partial charge in [-0.05, 0) is 19.9 Å². The summed E-state index contributed by atoms with van der Waals surface area (Å²) in [5, 5.41) is 0. The molecule has 3 heterocycles. The average Bonchev–Trinajstić information content (AvgIpc) is 3.10. The van der Waals surface area contributed by atoms with Crippen molar-refractivity contribution < 1.29 is 13.9 Å². The van der Waals surface area contributed by atoms with E-state index < -0.39 is 0 Å². The minimum atomic E-state index is 0.0102. The summed E-state index contributed by atoms with van der Waals surface area (Å²) in [7, 11) is 0. The molecule has 0 radical (unpaired) electrons. The van der Waals surface area contributed by atoms with Crippen LogP contribution < -0.4 is 0 Å². The zero-order valence-electron chi connectivity index (χ0n) is 12.3. The molecule has 0 atom stereocenters. The van der Waals surface area contributed by atoms with Crippen LogP contribution in [0.25, 0.3) is 0 Å². The van der Waals surface area contributed by atoms with Crippen LogP contribution in [0.15, 0.2) is 23.1 Å². The summed E-state index contributed by atoms with van der Waals surface area (Å²) in [6.45, 7) is 6.92. The maximum atomic E-state index is 12.5. The summed E-state index contributed by atoms with van der Waals surface area (Å²) >= 11 is 0. The molecule has 0 bridgehead atoms. The smallest absolute Gasteiger partial charge is 0.257 e. The van der Waals surface area contributed by atoms with Crippen molar-refractivity contribution in [3.8, 4) is 0 Å². The van der Waals surface area contributed by atoms with Crippen molar-refractivity contribution in [3.63, 3.8) is 0 Å². The maximum absolute atomic E-state index is 12.5. The number of furan rings is 1. The lowest BCUT2D eigenvalue weighted by Gasteiger charge is -2.28. The molecule has 0 saturated heterocycles. The molecule has 0 aromatic carbocycles. The standard InChI is InChI=1S/C15H19N3O3/c1-3-20-9-13-14-8-17(5-6-18(14)10-16-13)15(19)12-4-7-21-11(12)2/h4,7,10H,3,5-6,8-9H2,1-2H3. The summed E-state index contributed by atoms with van der Waals surface area (Å²) in [4.78, 5) is 18.8. The van der Waals surface area contributed by atoms with Crippen molar-refractivity contribution in [2.75, 3.05) is 13.2 Å². The van der Waals surface area contributed by atoms with Crippen molar-refractivity contribution in [2.24, 2.45) is 0 Å². The van der Waals surface area contributed by atoms with Gasteiger partial charge in [-0.25, -0.2) is 4.98 Å². The quantitative estimate of drug-likeness (QED) is 0.863. The number of amides is 1. The van der Waals surface area contributed by atoms with Gasteiger partial charge >= 0.3 is 0 Å². The van der Waals surface area contributed by atoms with Gasteiger partial charge in [0.1, 0.15) is 5.76 Å². The molecule has 0 saturated carbocycles. The fourth-order valence-electron chi connectivity index (χ4n) is 2.58. The lowest BCUT2D eigenvalue weighted by molar-refractivity contribution is 0.0704. The second-order valence-electron chi connectivity index (χ2n) is 5.09. The predicted octanol–water partition coefficient (Wildman–Crippen LogP) is 1.98. The first-order valence-electron chi connectivity index (χ1n) is 7.14. The monoisotopic (exact) mass is 289 g/mol. The highest BCUT2D eigenvalue weighted by Crippen LogP contribution is 2.20. The van der Waals surface area contributed by atoms with Crippen molar-refractivity contribution in [1.29, 1.82) is 0 Å². The predicted molar refractivity (Wildman–Crippen MR) is 75.7 cm³/mol. The normalized spacial score (nSPS) is 14.3. The van der Waals surface area contributed by atoms with Crippen LogP contribution in [0, 0.1) is 6.92 Å². The maximum Gasteiger partial charge on any atom is 0.257 e. The third-order valence-corrected chi connectivity index (χ3v) is 3.80. The van der Waals surface area contributed by atoms with E-state index in [1.807, 2.05) is 25.1 Å². The molecule has 2 aromatic heterocycles. The molecule has 2 aromatic rings. The van der Waals surface area contributed by atoms with E-state index in [0.717, 1.165) is 17.9 Å². The number of aromatic nitrogens is 2. The number of carbonyl (C=O) groups excluding carboxylic acids is 1. The van der Waals surface area contributed by atoms with E-state index in [2.05, 4.69) is 9.55 Å². The molecule has 112 valence electrons. The Labute approximate surface area is 123 Å². The molecule has 3 rings (SSSR count). The van der Waals surface area contributed by atoms with E-state index in [1.54, 1.807) is 12.3 Å². The molecular formula is C15H19N3O3. The molecule has 1 aliphatic heterocycles. The largest absolute Gasteiger partial charge is 0.469 e. The van der Waals surface area contributed by atoms with Gasteiger partial charge < -0.3 is 18.6 Å². The Balaban J connectivity index is 1.79. The molecule has 21 heavy (non-hydrogen) atoms. The van der Waals surface area contributed by atoms with E-state index in [1.165, 1.54) is 0 Å². The van der Waals surface area contributed by atoms with Crippen molar-refractivity contribution >= 4 is 5.91 Å². The number of aryl methyl sites for hydroxylation is 1. The van der Waals surface area contributed by atoms with Crippen LogP contribution in [0.2, 0.25) is 0 Å². The second kappa shape index (κ2) is 5.73. The molecule has 1 amide bonds. The Kier molecular flexibility index (Phi) is 3.79. The highest BCUT2D eigenvalue weighted by Gasteiger charge is 2.26. The average molecular weight is 289 g/mol. The zero-order chi connectivity index (χ0) is 14.8. The Morgan fingerprint density at radius 3 is 3.05 bits per heavy atom. The fraction of sp³-hybridized carbons (Fsp3) is 0.467. The van der Waals surface area contributed by atoms with Crippen molar-refractivity contribution in [3.05, 3.63) is 41.4 Å². The number of carbonyl (C=O) groups is 1. The molecule has 0 N–H and O–H groups in total. The number of hydrogen-bond donors (Lipinski definition) is 0. The van der Waals surface area contributed by atoms with Crippen LogP contribution in [0.3, 0.4) is 0 Å². The highest BCUT2D eigenvalue weighted by atomic mass is 16.5. The van der Waals surface area contributed by atoms with Crippen LogP contribution in [0.5, 0.6) is 0 Å². The van der Waals surface area contributed by atoms with Gasteiger partial charge in [0.05, 0.1) is 42.7 Å². The summed E-state index contributed by atoms with van der Waals surface area (Å²) in [5.41, 5.74) is 2.61. The number of ether oxygens (including phenoxy) is 1. The first-order chi connectivity index (χ1) is 10.2. The minimum Gasteiger partial charge on any atom is -0.469 e. The van der Waals surface area contributed by atoms with Gasteiger partial charge in [0, 0.05) is 19.7 Å². The zero-order valence-corrected chi connectivity index (χ0v) is 12.3. The number of imidazole rings is 1. The number of nitrogens with zero attached hydrogens (tertiary/aromatic N) is 3. The lowest BCUT2D eigenvalue weighted by atomic mass is 10.2. The van der Waals surface area contributed by atoms with Crippen LogP contribution in [0.4, 0.5) is 0 Å². The molecule has 0 unspecified atom stereocenters. The first-order valence-corrected chi connectivity index (χ1v) is 7.14. The Bertz CT molecular complexity index is 644. The molecule has 6 nitrogen and oxygen atoms in total. The highest BCUT2D eigenvalue weighted by molar-refractivity contribution is 5.95. The molecule has 1 aliphatic rings. The molecular weight excluding hydrogens is 270 g/mol. The van der Waals surface area contributed by atoms with E-state index in [0.29, 0.717) is 37.6 Å². The van der Waals surface area contributed by atoms with Crippen LogP contribution in [0.1, 0.15) is 34.4 Å². The van der Waals surface area contributed by atoms with Crippen LogP contribution in [-0.4, -0.2) is 33.5 Å². The molecule has 0 spiro atoms. The number of rotatable bonds is 4. The topological polar surface area (TPSA) is 60.5 Å². The first kappa shape index (κ1) is 13.9. The number of fused-ring (bicyclic) bond motifs is 1.